The molecule has 6 nitrogen and oxygen atoms in total. The zero-order valence-corrected chi connectivity index (χ0v) is 10.1. The van der Waals surface area contributed by atoms with Crippen molar-refractivity contribution in [1.82, 2.24) is 14.7 Å². The number of nitrogens with zero attached hydrogens (tertiary/aromatic N) is 2. The first kappa shape index (κ1) is 12.1. The molecule has 0 unspecified atom stereocenters. The third-order valence-electron chi connectivity index (χ3n) is 3.01. The molecule has 1 aromatic heterocycles. The van der Waals surface area contributed by atoms with Gasteiger partial charge in [0, 0.05) is 0 Å². The van der Waals surface area contributed by atoms with Crippen molar-refractivity contribution in [1.29, 1.82) is 5.26 Å². The Morgan fingerprint density at radius 3 is 2.65 bits per heavy atom. The number of sulfonamides is 1. The van der Waals surface area contributed by atoms with Crippen LogP contribution in [-0.2, 0) is 10.0 Å². The summed E-state index contributed by atoms with van der Waals surface area (Å²) >= 11 is 0. The zero-order chi connectivity index (χ0) is 12.4. The van der Waals surface area contributed by atoms with E-state index in [-0.39, 0.29) is 5.03 Å². The number of hydrogen-bond acceptors (Lipinski definition) is 4. The average Bonchev–Trinajstić information content (AvgIpc) is 2.84. The third kappa shape index (κ3) is 2.48. The molecule has 2 N–H and O–H groups in total. The van der Waals surface area contributed by atoms with Crippen LogP contribution in [0.3, 0.4) is 0 Å². The maximum absolute atomic E-state index is 12.0. The number of rotatable bonds is 3. The molecule has 0 amide bonds. The minimum atomic E-state index is -3.68. The molecule has 1 fully saturated rings. The molecule has 0 saturated heterocycles. The highest BCUT2D eigenvalue weighted by Crippen LogP contribution is 2.28. The lowest BCUT2D eigenvalue weighted by Gasteiger charge is -2.30. The van der Waals surface area contributed by atoms with Crippen LogP contribution in [0.2, 0.25) is 0 Å². The van der Waals surface area contributed by atoms with E-state index in [1.54, 1.807) is 0 Å². The first-order valence-corrected chi connectivity index (χ1v) is 7.00. The van der Waals surface area contributed by atoms with Crippen LogP contribution in [-0.4, -0.2) is 23.9 Å². The van der Waals surface area contributed by atoms with Gasteiger partial charge in [0.25, 0.3) is 10.0 Å². The van der Waals surface area contributed by atoms with Crippen LogP contribution < -0.4 is 4.72 Å². The Bertz CT molecular complexity index is 509. The van der Waals surface area contributed by atoms with E-state index in [9.17, 15) is 13.7 Å². The van der Waals surface area contributed by atoms with E-state index in [2.05, 4.69) is 20.8 Å². The van der Waals surface area contributed by atoms with Gasteiger partial charge in [-0.3, -0.25) is 0 Å². The van der Waals surface area contributed by atoms with Gasteiger partial charge in [-0.25, -0.2) is 13.4 Å². The fourth-order valence-corrected chi connectivity index (χ4v) is 3.38. The molecule has 0 bridgehead atoms. The molecule has 17 heavy (non-hydrogen) atoms. The summed E-state index contributed by atoms with van der Waals surface area (Å²) in [5.74, 6) is 0. The second-order valence-electron chi connectivity index (χ2n) is 4.28. The van der Waals surface area contributed by atoms with Crippen molar-refractivity contribution in [2.24, 2.45) is 0 Å². The Kier molecular flexibility index (Phi) is 3.17. The Hall–Kier alpha value is -1.39. The number of nitriles is 1. The standard InChI is InChI=1S/C10H14N4O2S/c11-7-10(4-2-1-3-5-10)14-17(15,16)9-6-12-8-13-9/h6,8,14H,1-5H2,(H,12,13). The number of imidazole rings is 1. The van der Waals surface area contributed by atoms with Crippen molar-refractivity contribution in [3.05, 3.63) is 12.5 Å². The number of aromatic amines is 1. The lowest BCUT2D eigenvalue weighted by atomic mass is 9.84. The van der Waals surface area contributed by atoms with Gasteiger partial charge in [-0.05, 0) is 12.8 Å². The summed E-state index contributed by atoms with van der Waals surface area (Å²) in [6, 6.07) is 2.11. The minimum Gasteiger partial charge on any atom is -0.335 e. The number of nitrogens with one attached hydrogen (secondary N) is 2. The molecule has 0 spiro atoms. The Balaban J connectivity index is 2.22. The van der Waals surface area contributed by atoms with Crippen LogP contribution in [0.5, 0.6) is 0 Å². The summed E-state index contributed by atoms with van der Waals surface area (Å²) in [6.45, 7) is 0. The molecule has 0 aromatic carbocycles. The molecular formula is C10H14N4O2S. The van der Waals surface area contributed by atoms with E-state index >= 15 is 0 Å². The maximum Gasteiger partial charge on any atom is 0.258 e. The SMILES string of the molecule is N#CC1(NS(=O)(=O)c2cnc[nH]2)CCCCC1. The molecule has 1 aromatic rings. The van der Waals surface area contributed by atoms with E-state index < -0.39 is 15.6 Å². The van der Waals surface area contributed by atoms with Gasteiger partial charge >= 0.3 is 0 Å². The summed E-state index contributed by atoms with van der Waals surface area (Å²) in [7, 11) is -3.68. The van der Waals surface area contributed by atoms with Gasteiger partial charge in [0.1, 0.15) is 5.54 Å². The van der Waals surface area contributed by atoms with Crippen LogP contribution >= 0.6 is 0 Å². The smallest absolute Gasteiger partial charge is 0.258 e. The van der Waals surface area contributed by atoms with Gasteiger partial charge in [0.2, 0.25) is 0 Å². The highest BCUT2D eigenvalue weighted by molar-refractivity contribution is 7.89. The summed E-state index contributed by atoms with van der Waals surface area (Å²) in [5.41, 5.74) is -0.956. The second kappa shape index (κ2) is 4.47. The van der Waals surface area contributed by atoms with Crippen molar-refractivity contribution in [3.8, 4) is 6.07 Å². The molecule has 92 valence electrons. The van der Waals surface area contributed by atoms with E-state index in [1.165, 1.54) is 12.5 Å². The fourth-order valence-electron chi connectivity index (χ4n) is 2.09. The summed E-state index contributed by atoms with van der Waals surface area (Å²) in [5, 5.41) is 9.20. The number of hydrogen-bond donors (Lipinski definition) is 2. The zero-order valence-electron chi connectivity index (χ0n) is 9.31. The predicted molar refractivity (Wildman–Crippen MR) is 60.3 cm³/mol. The molecule has 1 aliphatic rings. The Morgan fingerprint density at radius 1 is 1.41 bits per heavy atom. The van der Waals surface area contributed by atoms with E-state index in [1.807, 2.05) is 0 Å². The van der Waals surface area contributed by atoms with Crippen LogP contribution in [0.15, 0.2) is 17.6 Å². The second-order valence-corrected chi connectivity index (χ2v) is 5.93. The van der Waals surface area contributed by atoms with Crippen LogP contribution in [0.4, 0.5) is 0 Å². The largest absolute Gasteiger partial charge is 0.335 e. The van der Waals surface area contributed by atoms with E-state index in [4.69, 9.17) is 0 Å². The van der Waals surface area contributed by atoms with Crippen molar-refractivity contribution in [3.63, 3.8) is 0 Å². The summed E-state index contributed by atoms with van der Waals surface area (Å²) < 4.78 is 26.5. The maximum atomic E-state index is 12.0. The fraction of sp³-hybridized carbons (Fsp3) is 0.600. The minimum absolute atomic E-state index is 0.00213. The lowest BCUT2D eigenvalue weighted by Crippen LogP contribution is -2.48. The Morgan fingerprint density at radius 2 is 2.12 bits per heavy atom. The van der Waals surface area contributed by atoms with Gasteiger partial charge < -0.3 is 4.98 Å². The first-order chi connectivity index (χ1) is 8.08. The Labute approximate surface area is 100 Å². The number of aromatic nitrogens is 2. The van der Waals surface area contributed by atoms with Crippen molar-refractivity contribution >= 4 is 10.0 Å². The van der Waals surface area contributed by atoms with E-state index in [0.717, 1.165) is 19.3 Å². The summed E-state index contributed by atoms with van der Waals surface area (Å²) in [4.78, 5) is 6.21. The normalized spacial score (nSPS) is 19.7. The predicted octanol–water partition coefficient (Wildman–Crippen LogP) is 0.914. The molecular weight excluding hydrogens is 240 g/mol. The van der Waals surface area contributed by atoms with E-state index in [0.29, 0.717) is 12.8 Å². The van der Waals surface area contributed by atoms with Crippen molar-refractivity contribution < 1.29 is 8.42 Å². The van der Waals surface area contributed by atoms with Crippen molar-refractivity contribution in [2.45, 2.75) is 42.7 Å². The van der Waals surface area contributed by atoms with Gasteiger partial charge in [-0.2, -0.15) is 9.98 Å². The molecule has 0 atom stereocenters. The molecule has 7 heteroatoms. The molecule has 0 radical (unpaired) electrons. The van der Waals surface area contributed by atoms with Gasteiger partial charge in [0.05, 0.1) is 18.6 Å². The third-order valence-corrected chi connectivity index (χ3v) is 4.48. The van der Waals surface area contributed by atoms with Gasteiger partial charge in [0.15, 0.2) is 5.03 Å². The topological polar surface area (TPSA) is 98.6 Å². The van der Waals surface area contributed by atoms with Crippen molar-refractivity contribution in [2.75, 3.05) is 0 Å². The molecule has 1 aliphatic carbocycles. The highest BCUT2D eigenvalue weighted by Gasteiger charge is 2.37. The van der Waals surface area contributed by atoms with Crippen LogP contribution in [0, 0.1) is 11.3 Å². The lowest BCUT2D eigenvalue weighted by molar-refractivity contribution is 0.337. The number of H-pyrrole nitrogens is 1. The molecule has 1 heterocycles. The average molecular weight is 254 g/mol. The molecule has 1 saturated carbocycles. The molecule has 0 aliphatic heterocycles. The molecule has 2 rings (SSSR count). The van der Waals surface area contributed by atoms with Crippen LogP contribution in [0.25, 0.3) is 0 Å². The monoisotopic (exact) mass is 254 g/mol. The summed E-state index contributed by atoms with van der Waals surface area (Å²) in [6.07, 6.45) is 6.46. The van der Waals surface area contributed by atoms with Crippen LogP contribution in [0.1, 0.15) is 32.1 Å². The van der Waals surface area contributed by atoms with Gasteiger partial charge in [-0.15, -0.1) is 0 Å². The van der Waals surface area contributed by atoms with Gasteiger partial charge in [-0.1, -0.05) is 19.3 Å². The highest BCUT2D eigenvalue weighted by atomic mass is 32.2. The first-order valence-electron chi connectivity index (χ1n) is 5.52. The quantitative estimate of drug-likeness (QED) is 0.837.